The molecule has 0 saturated carbocycles. The van der Waals surface area contributed by atoms with E-state index in [9.17, 15) is 14.4 Å². The molecule has 4 nitrogen and oxygen atoms in total. The highest BCUT2D eigenvalue weighted by Gasteiger charge is 2.45. The molecule has 0 radical (unpaired) electrons. The lowest BCUT2D eigenvalue weighted by atomic mass is 9.69. The van der Waals surface area contributed by atoms with Crippen LogP contribution < -0.4 is 10.6 Å². The van der Waals surface area contributed by atoms with Crippen LogP contribution in [0.15, 0.2) is 59.1 Å². The number of hydrogen-bond donors (Lipinski definition) is 1. The Labute approximate surface area is 180 Å². The number of ketones is 1. The molecule has 1 aromatic carbocycles. The summed E-state index contributed by atoms with van der Waals surface area (Å²) in [5, 5.41) is 10.0. The first-order valence-corrected chi connectivity index (χ1v) is 10.9. The Morgan fingerprint density at radius 2 is 2.00 bits per heavy atom. The van der Waals surface area contributed by atoms with Gasteiger partial charge in [-0.2, -0.15) is 5.26 Å². The average molecular weight is 422 g/mol. The minimum absolute atomic E-state index is 0.000659. The zero-order valence-electron chi connectivity index (χ0n) is 17.3. The van der Waals surface area contributed by atoms with Crippen LogP contribution >= 0.6 is 11.3 Å². The standard InChI is InChI=1S/C24H24FN3OS/c1-4-14-9-10-20(30-14)21-15(13-26)23(27)28(17-8-6-5-7-16(17)25)18-11-24(2,3)12-19(29)22(18)21/h5-10,21H,4,11-12,27H2,1-3H3. The molecule has 154 valence electrons. The third kappa shape index (κ3) is 3.23. The molecule has 1 aliphatic carbocycles. The maximum absolute atomic E-state index is 14.8. The molecule has 1 aliphatic heterocycles. The van der Waals surface area contributed by atoms with Crippen LogP contribution in [0.5, 0.6) is 0 Å². The number of carbonyl (C=O) groups excluding carboxylic acids is 1. The van der Waals surface area contributed by atoms with Crippen LogP contribution in [0.1, 0.15) is 49.3 Å². The van der Waals surface area contributed by atoms with Crippen LogP contribution in [0.2, 0.25) is 0 Å². The molecule has 2 aromatic rings. The Kier molecular flexibility index (Phi) is 5.03. The lowest BCUT2D eigenvalue weighted by molar-refractivity contribution is -0.118. The molecule has 6 heteroatoms. The topological polar surface area (TPSA) is 70.1 Å². The molecule has 0 saturated heterocycles. The Balaban J connectivity index is 2.00. The molecule has 1 aromatic heterocycles. The van der Waals surface area contributed by atoms with Gasteiger partial charge in [-0.1, -0.05) is 32.9 Å². The van der Waals surface area contributed by atoms with E-state index in [1.165, 1.54) is 10.9 Å². The molecule has 0 spiro atoms. The Morgan fingerprint density at radius 1 is 1.27 bits per heavy atom. The van der Waals surface area contributed by atoms with E-state index in [0.29, 0.717) is 29.7 Å². The molecule has 2 aliphatic rings. The number of thiophene rings is 1. The Morgan fingerprint density at radius 3 is 2.63 bits per heavy atom. The van der Waals surface area contributed by atoms with Gasteiger partial charge in [-0.3, -0.25) is 9.69 Å². The second-order valence-electron chi connectivity index (χ2n) is 8.59. The van der Waals surface area contributed by atoms with Crippen molar-refractivity contribution in [2.24, 2.45) is 11.1 Å². The van der Waals surface area contributed by atoms with E-state index in [2.05, 4.69) is 13.0 Å². The molecule has 0 amide bonds. The first-order valence-electron chi connectivity index (χ1n) is 10.1. The number of hydrogen-bond acceptors (Lipinski definition) is 5. The number of allylic oxidation sites excluding steroid dienone is 3. The number of para-hydroxylation sites is 1. The lowest BCUT2D eigenvalue weighted by Gasteiger charge is -2.43. The predicted octanol–water partition coefficient (Wildman–Crippen LogP) is 5.39. The molecule has 30 heavy (non-hydrogen) atoms. The smallest absolute Gasteiger partial charge is 0.162 e. The maximum Gasteiger partial charge on any atom is 0.162 e. The summed E-state index contributed by atoms with van der Waals surface area (Å²) >= 11 is 1.60. The van der Waals surface area contributed by atoms with E-state index in [1.54, 1.807) is 34.4 Å². The van der Waals surface area contributed by atoms with E-state index >= 15 is 0 Å². The van der Waals surface area contributed by atoms with E-state index in [0.717, 1.165) is 11.3 Å². The predicted molar refractivity (Wildman–Crippen MR) is 117 cm³/mol. The van der Waals surface area contributed by atoms with Crippen LogP contribution in [-0.2, 0) is 11.2 Å². The number of nitrogens with zero attached hydrogens (tertiary/aromatic N) is 2. The van der Waals surface area contributed by atoms with Crippen LogP contribution in [0, 0.1) is 22.6 Å². The fraction of sp³-hybridized carbons (Fsp3) is 0.333. The molecule has 1 unspecified atom stereocenters. The van der Waals surface area contributed by atoms with Gasteiger partial charge in [0.15, 0.2) is 5.78 Å². The number of rotatable bonds is 3. The Hall–Kier alpha value is -2.91. The van der Waals surface area contributed by atoms with Gasteiger partial charge < -0.3 is 5.73 Å². The Bertz CT molecular complexity index is 1140. The van der Waals surface area contributed by atoms with E-state index in [4.69, 9.17) is 5.73 Å². The first kappa shape index (κ1) is 20.4. The minimum atomic E-state index is -0.498. The molecule has 4 rings (SSSR count). The van der Waals surface area contributed by atoms with E-state index in [1.807, 2.05) is 26.0 Å². The van der Waals surface area contributed by atoms with E-state index < -0.39 is 11.7 Å². The van der Waals surface area contributed by atoms with Crippen LogP contribution in [0.3, 0.4) is 0 Å². The largest absolute Gasteiger partial charge is 0.384 e. The maximum atomic E-state index is 14.8. The van der Waals surface area contributed by atoms with Crippen molar-refractivity contribution in [3.8, 4) is 6.07 Å². The second-order valence-corrected chi connectivity index (χ2v) is 9.79. The van der Waals surface area contributed by atoms with Crippen molar-refractivity contribution in [1.29, 1.82) is 5.26 Å². The summed E-state index contributed by atoms with van der Waals surface area (Å²) < 4.78 is 14.8. The van der Waals surface area contributed by atoms with Crippen molar-refractivity contribution in [2.45, 2.75) is 46.0 Å². The fourth-order valence-corrected chi connectivity index (χ4v) is 5.51. The number of Topliss-reactive ketones (excluding diaryl/α,β-unsaturated/α-hetero) is 1. The number of carbonyl (C=O) groups is 1. The van der Waals surface area contributed by atoms with Crippen molar-refractivity contribution in [3.05, 3.63) is 74.6 Å². The van der Waals surface area contributed by atoms with Crippen molar-refractivity contribution in [2.75, 3.05) is 4.90 Å². The lowest BCUT2D eigenvalue weighted by Crippen LogP contribution is -2.42. The zero-order valence-corrected chi connectivity index (χ0v) is 18.1. The number of anilines is 1. The highest BCUT2D eigenvalue weighted by molar-refractivity contribution is 7.12. The fourth-order valence-electron chi connectivity index (χ4n) is 4.44. The van der Waals surface area contributed by atoms with Crippen molar-refractivity contribution >= 4 is 22.8 Å². The number of nitrogens with two attached hydrogens (primary N) is 1. The van der Waals surface area contributed by atoms with Gasteiger partial charge in [0, 0.05) is 27.4 Å². The van der Waals surface area contributed by atoms with Gasteiger partial charge in [-0.05, 0) is 42.5 Å². The minimum Gasteiger partial charge on any atom is -0.384 e. The molecule has 2 heterocycles. The van der Waals surface area contributed by atoms with E-state index in [-0.39, 0.29) is 22.7 Å². The van der Waals surface area contributed by atoms with Crippen molar-refractivity contribution in [3.63, 3.8) is 0 Å². The summed E-state index contributed by atoms with van der Waals surface area (Å²) in [6, 6.07) is 12.6. The quantitative estimate of drug-likeness (QED) is 0.721. The highest BCUT2D eigenvalue weighted by atomic mass is 32.1. The summed E-state index contributed by atoms with van der Waals surface area (Å²) in [4.78, 5) is 17.1. The van der Waals surface area contributed by atoms with Crippen LogP contribution in [0.4, 0.5) is 10.1 Å². The molecular formula is C24H24FN3OS. The summed E-state index contributed by atoms with van der Waals surface area (Å²) in [5.74, 6) is -0.743. The van der Waals surface area contributed by atoms with Gasteiger partial charge in [-0.15, -0.1) is 11.3 Å². The average Bonchev–Trinajstić information content (AvgIpc) is 3.16. The zero-order chi connectivity index (χ0) is 21.6. The summed E-state index contributed by atoms with van der Waals surface area (Å²) in [7, 11) is 0. The van der Waals surface area contributed by atoms with Crippen molar-refractivity contribution in [1.82, 2.24) is 0 Å². The van der Waals surface area contributed by atoms with Gasteiger partial charge in [0.25, 0.3) is 0 Å². The van der Waals surface area contributed by atoms with Gasteiger partial charge in [0.1, 0.15) is 11.6 Å². The van der Waals surface area contributed by atoms with Gasteiger partial charge in [0.2, 0.25) is 0 Å². The number of benzene rings is 1. The molecule has 2 N–H and O–H groups in total. The van der Waals surface area contributed by atoms with Crippen LogP contribution in [-0.4, -0.2) is 5.78 Å². The third-order valence-electron chi connectivity index (χ3n) is 5.79. The summed E-state index contributed by atoms with van der Waals surface area (Å²) in [6.45, 7) is 6.14. The summed E-state index contributed by atoms with van der Waals surface area (Å²) in [6.07, 6.45) is 1.84. The normalized spacial score (nSPS) is 21.0. The first-order chi connectivity index (χ1) is 14.3. The van der Waals surface area contributed by atoms with Gasteiger partial charge in [0.05, 0.1) is 23.2 Å². The van der Waals surface area contributed by atoms with Crippen molar-refractivity contribution < 1.29 is 9.18 Å². The molecular weight excluding hydrogens is 397 g/mol. The SMILES string of the molecule is CCc1ccc(C2C(C#N)=C(N)N(c3ccccc3F)C3=C2C(=O)CC(C)(C)C3)s1. The number of nitriles is 1. The monoisotopic (exact) mass is 421 g/mol. The molecule has 1 atom stereocenters. The number of halogens is 1. The molecule has 0 fully saturated rings. The van der Waals surface area contributed by atoms with Gasteiger partial charge in [-0.25, -0.2) is 4.39 Å². The number of aryl methyl sites for hydroxylation is 1. The third-order valence-corrected chi connectivity index (χ3v) is 7.08. The summed E-state index contributed by atoms with van der Waals surface area (Å²) in [5.41, 5.74) is 8.08. The van der Waals surface area contributed by atoms with Crippen LogP contribution in [0.25, 0.3) is 0 Å². The second kappa shape index (κ2) is 7.41. The highest BCUT2D eigenvalue weighted by Crippen LogP contribution is 2.51. The van der Waals surface area contributed by atoms with Gasteiger partial charge >= 0.3 is 0 Å². The molecule has 0 bridgehead atoms.